The molecule has 18 heavy (non-hydrogen) atoms. The quantitative estimate of drug-likeness (QED) is 0.812. The number of halogens is 1. The van der Waals surface area contributed by atoms with Gasteiger partial charge in [-0.2, -0.15) is 0 Å². The van der Waals surface area contributed by atoms with Crippen molar-refractivity contribution in [2.24, 2.45) is 0 Å². The Morgan fingerprint density at radius 3 is 2.78 bits per heavy atom. The van der Waals surface area contributed by atoms with Crippen LogP contribution >= 0.6 is 15.9 Å². The lowest BCUT2D eigenvalue weighted by atomic mass is 10.1. The Labute approximate surface area is 115 Å². The number of methoxy groups -OCH3 is 1. The number of hydrogen-bond donors (Lipinski definition) is 2. The molecule has 0 bridgehead atoms. The number of rotatable bonds is 7. The summed E-state index contributed by atoms with van der Waals surface area (Å²) >= 11 is 3.40. The Bertz CT molecular complexity index is 409. The van der Waals surface area contributed by atoms with Crippen LogP contribution in [0.3, 0.4) is 0 Å². The van der Waals surface area contributed by atoms with Gasteiger partial charge in [-0.1, -0.05) is 19.4 Å². The Hall–Kier alpha value is -1.07. The molecule has 1 aromatic rings. The summed E-state index contributed by atoms with van der Waals surface area (Å²) in [4.78, 5) is 11.0. The van der Waals surface area contributed by atoms with E-state index in [9.17, 15) is 4.79 Å². The summed E-state index contributed by atoms with van der Waals surface area (Å²) in [6.07, 6.45) is 1.48. The Kier molecular flexibility index (Phi) is 6.15. The normalized spacial score (nSPS) is 12.2. The van der Waals surface area contributed by atoms with Crippen molar-refractivity contribution in [3.05, 3.63) is 28.2 Å². The van der Waals surface area contributed by atoms with Gasteiger partial charge >= 0.3 is 5.97 Å². The maximum Gasteiger partial charge on any atom is 0.320 e. The second kappa shape index (κ2) is 7.38. The number of nitrogens with one attached hydrogen (secondary N) is 1. The summed E-state index contributed by atoms with van der Waals surface area (Å²) < 4.78 is 6.01. The molecule has 0 aliphatic carbocycles. The van der Waals surface area contributed by atoms with Gasteiger partial charge in [0.15, 0.2) is 0 Å². The molecule has 0 saturated heterocycles. The summed E-state index contributed by atoms with van der Waals surface area (Å²) in [6, 6.07) is 5.21. The van der Waals surface area contributed by atoms with Gasteiger partial charge in [-0.25, -0.2) is 0 Å². The van der Waals surface area contributed by atoms with Gasteiger partial charge in [0.25, 0.3) is 0 Å². The summed E-state index contributed by atoms with van der Waals surface area (Å²) in [5.41, 5.74) is 1.02. The lowest BCUT2D eigenvalue weighted by molar-refractivity contribution is -0.139. The van der Waals surface area contributed by atoms with Crippen LogP contribution in [-0.4, -0.2) is 24.2 Å². The van der Waals surface area contributed by atoms with Crippen LogP contribution in [0, 0.1) is 0 Å². The van der Waals surface area contributed by atoms with Crippen molar-refractivity contribution in [3.8, 4) is 5.75 Å². The maximum atomic E-state index is 11.0. The molecule has 0 heterocycles. The number of carboxylic acids is 1. The molecule has 0 saturated carbocycles. The van der Waals surface area contributed by atoms with E-state index in [1.807, 2.05) is 25.1 Å². The van der Waals surface area contributed by atoms with E-state index in [4.69, 9.17) is 9.84 Å². The smallest absolute Gasteiger partial charge is 0.320 e. The lowest BCUT2D eigenvalue weighted by Gasteiger charge is -2.14. The number of benzene rings is 1. The highest BCUT2D eigenvalue weighted by atomic mass is 79.9. The molecule has 4 nitrogen and oxygen atoms in total. The molecule has 0 amide bonds. The molecule has 100 valence electrons. The Balaban J connectivity index is 2.62. The average Bonchev–Trinajstić information content (AvgIpc) is 2.34. The van der Waals surface area contributed by atoms with E-state index in [1.54, 1.807) is 7.11 Å². The fourth-order valence-corrected chi connectivity index (χ4v) is 2.25. The molecule has 0 aliphatic heterocycles. The van der Waals surface area contributed by atoms with Crippen LogP contribution in [0.25, 0.3) is 0 Å². The van der Waals surface area contributed by atoms with Crippen molar-refractivity contribution in [2.45, 2.75) is 32.4 Å². The fourth-order valence-electron chi connectivity index (χ4n) is 1.66. The van der Waals surface area contributed by atoms with Gasteiger partial charge in [-0.3, -0.25) is 4.79 Å². The highest BCUT2D eigenvalue weighted by molar-refractivity contribution is 9.10. The van der Waals surface area contributed by atoms with Gasteiger partial charge < -0.3 is 15.2 Å². The van der Waals surface area contributed by atoms with Crippen molar-refractivity contribution in [3.63, 3.8) is 0 Å². The van der Waals surface area contributed by atoms with Crippen molar-refractivity contribution in [1.82, 2.24) is 5.32 Å². The molecule has 1 unspecified atom stereocenters. The zero-order valence-electron chi connectivity index (χ0n) is 10.6. The van der Waals surface area contributed by atoms with Crippen molar-refractivity contribution in [2.75, 3.05) is 7.11 Å². The van der Waals surface area contributed by atoms with E-state index in [0.717, 1.165) is 22.2 Å². The van der Waals surface area contributed by atoms with Gasteiger partial charge in [0.1, 0.15) is 11.8 Å². The highest BCUT2D eigenvalue weighted by Gasteiger charge is 2.15. The molecular formula is C13H18BrNO3. The van der Waals surface area contributed by atoms with E-state index < -0.39 is 12.0 Å². The van der Waals surface area contributed by atoms with E-state index >= 15 is 0 Å². The van der Waals surface area contributed by atoms with Crippen LogP contribution in [-0.2, 0) is 11.3 Å². The third kappa shape index (κ3) is 4.31. The monoisotopic (exact) mass is 315 g/mol. The van der Waals surface area contributed by atoms with Crippen molar-refractivity contribution >= 4 is 21.9 Å². The molecule has 1 rings (SSSR count). The van der Waals surface area contributed by atoms with Gasteiger partial charge in [0, 0.05) is 6.54 Å². The standard InChI is InChI=1S/C13H18BrNO3/c1-3-4-11(13(16)17)15-8-9-5-6-12(18-2)10(14)7-9/h5-7,11,15H,3-4,8H2,1-2H3,(H,16,17). The second-order valence-corrected chi connectivity index (χ2v) is 4.88. The van der Waals surface area contributed by atoms with Crippen LogP contribution in [0.5, 0.6) is 5.75 Å². The molecule has 1 aromatic carbocycles. The summed E-state index contributed by atoms with van der Waals surface area (Å²) in [5.74, 6) is -0.0356. The molecule has 5 heteroatoms. The predicted octanol–water partition coefficient (Wildman–Crippen LogP) is 2.80. The van der Waals surface area contributed by atoms with E-state index in [2.05, 4.69) is 21.2 Å². The minimum absolute atomic E-state index is 0.490. The molecule has 0 radical (unpaired) electrons. The maximum absolute atomic E-state index is 11.0. The van der Waals surface area contributed by atoms with Crippen molar-refractivity contribution < 1.29 is 14.6 Å². The number of carbonyl (C=O) groups is 1. The zero-order chi connectivity index (χ0) is 13.5. The number of hydrogen-bond acceptors (Lipinski definition) is 3. The Morgan fingerprint density at radius 2 is 2.28 bits per heavy atom. The second-order valence-electron chi connectivity index (χ2n) is 4.03. The van der Waals surface area contributed by atoms with Gasteiger partial charge in [-0.05, 0) is 40.0 Å². The van der Waals surface area contributed by atoms with Gasteiger partial charge in [0.05, 0.1) is 11.6 Å². The first-order chi connectivity index (χ1) is 8.58. The molecule has 1 atom stereocenters. The first-order valence-corrected chi connectivity index (χ1v) is 6.66. The first kappa shape index (κ1) is 15.0. The average molecular weight is 316 g/mol. The van der Waals surface area contributed by atoms with Gasteiger partial charge in [-0.15, -0.1) is 0 Å². The largest absolute Gasteiger partial charge is 0.496 e. The third-order valence-electron chi connectivity index (χ3n) is 2.64. The van der Waals surface area contributed by atoms with Crippen LogP contribution < -0.4 is 10.1 Å². The molecule has 0 spiro atoms. The SMILES string of the molecule is CCCC(NCc1ccc(OC)c(Br)c1)C(=O)O. The minimum Gasteiger partial charge on any atom is -0.496 e. The Morgan fingerprint density at radius 1 is 1.56 bits per heavy atom. The lowest BCUT2D eigenvalue weighted by Crippen LogP contribution is -2.35. The summed E-state index contributed by atoms with van der Waals surface area (Å²) in [7, 11) is 1.61. The summed E-state index contributed by atoms with van der Waals surface area (Å²) in [5, 5.41) is 12.1. The van der Waals surface area contributed by atoms with Crippen LogP contribution in [0.4, 0.5) is 0 Å². The topological polar surface area (TPSA) is 58.6 Å². The van der Waals surface area contributed by atoms with Gasteiger partial charge in [0.2, 0.25) is 0 Å². The number of carboxylic acid groups (broad SMARTS) is 1. The highest BCUT2D eigenvalue weighted by Crippen LogP contribution is 2.25. The van der Waals surface area contributed by atoms with E-state index in [0.29, 0.717) is 13.0 Å². The first-order valence-electron chi connectivity index (χ1n) is 5.87. The molecular weight excluding hydrogens is 298 g/mol. The molecule has 0 fully saturated rings. The fraction of sp³-hybridized carbons (Fsp3) is 0.462. The number of ether oxygens (including phenoxy) is 1. The van der Waals surface area contributed by atoms with E-state index in [1.165, 1.54) is 0 Å². The minimum atomic E-state index is -0.801. The third-order valence-corrected chi connectivity index (χ3v) is 3.26. The van der Waals surface area contributed by atoms with E-state index in [-0.39, 0.29) is 0 Å². The van der Waals surface area contributed by atoms with Crippen LogP contribution in [0.1, 0.15) is 25.3 Å². The summed E-state index contributed by atoms with van der Waals surface area (Å²) in [6.45, 7) is 2.50. The van der Waals surface area contributed by atoms with Crippen LogP contribution in [0.2, 0.25) is 0 Å². The van der Waals surface area contributed by atoms with Crippen LogP contribution in [0.15, 0.2) is 22.7 Å². The molecule has 2 N–H and O–H groups in total. The molecule has 0 aliphatic rings. The predicted molar refractivity (Wildman–Crippen MR) is 73.9 cm³/mol. The van der Waals surface area contributed by atoms with Crippen molar-refractivity contribution in [1.29, 1.82) is 0 Å². The molecule has 0 aromatic heterocycles. The number of aliphatic carboxylic acids is 1. The zero-order valence-corrected chi connectivity index (χ0v) is 12.2.